The molecule has 0 aromatic heterocycles. The normalized spacial score (nSPS) is 10.3. The van der Waals surface area contributed by atoms with E-state index in [0.717, 1.165) is 25.2 Å². The molecule has 0 heterocycles. The molecule has 0 aliphatic rings. The molecular weight excluding hydrogens is 238 g/mol. The number of hydrogen-bond acceptors (Lipinski definition) is 3. The van der Waals surface area contributed by atoms with Crippen molar-refractivity contribution in [2.45, 2.75) is 19.9 Å². The summed E-state index contributed by atoms with van der Waals surface area (Å²) in [6.07, 6.45) is 1.03. The lowest BCUT2D eigenvalue weighted by atomic mass is 10.2. The summed E-state index contributed by atoms with van der Waals surface area (Å²) in [7, 11) is 5.53. The van der Waals surface area contributed by atoms with Gasteiger partial charge in [0.05, 0.1) is 6.54 Å². The van der Waals surface area contributed by atoms with Crippen LogP contribution >= 0.6 is 0 Å². The van der Waals surface area contributed by atoms with Crippen molar-refractivity contribution in [2.75, 3.05) is 39.1 Å². The van der Waals surface area contributed by atoms with Crippen LogP contribution in [0.2, 0.25) is 0 Å². The van der Waals surface area contributed by atoms with E-state index in [2.05, 4.69) is 41.4 Å². The van der Waals surface area contributed by atoms with Crippen LogP contribution in [-0.4, -0.2) is 45.0 Å². The summed E-state index contributed by atoms with van der Waals surface area (Å²) in [6.45, 7) is 4.32. The number of amides is 1. The number of rotatable bonds is 7. The van der Waals surface area contributed by atoms with E-state index in [4.69, 9.17) is 0 Å². The highest BCUT2D eigenvalue weighted by atomic mass is 16.2. The van der Waals surface area contributed by atoms with Crippen LogP contribution in [0, 0.1) is 0 Å². The number of nitrogens with one attached hydrogen (secondary N) is 1. The maximum absolute atomic E-state index is 11.8. The Kier molecular flexibility index (Phi) is 6.36. The van der Waals surface area contributed by atoms with Gasteiger partial charge in [-0.2, -0.15) is 0 Å². The van der Waals surface area contributed by atoms with E-state index in [9.17, 15) is 4.79 Å². The number of anilines is 1. The lowest BCUT2D eigenvalue weighted by Gasteiger charge is -2.25. The largest absolute Gasteiger partial charge is 0.362 e. The van der Waals surface area contributed by atoms with Gasteiger partial charge in [0, 0.05) is 32.9 Å². The maximum atomic E-state index is 11.8. The van der Waals surface area contributed by atoms with Crippen LogP contribution in [0.4, 0.5) is 5.69 Å². The van der Waals surface area contributed by atoms with Crippen molar-refractivity contribution >= 4 is 11.6 Å². The molecule has 4 nitrogen and oxygen atoms in total. The SMILES string of the molecule is CCCN(CC(=O)N(C)C)c1ccc(CNC)cc1. The molecule has 1 N–H and O–H groups in total. The molecule has 1 aromatic rings. The minimum atomic E-state index is 0.132. The summed E-state index contributed by atoms with van der Waals surface area (Å²) in [6, 6.07) is 8.39. The zero-order chi connectivity index (χ0) is 14.3. The van der Waals surface area contributed by atoms with Crippen LogP contribution in [0.3, 0.4) is 0 Å². The fourth-order valence-electron chi connectivity index (χ4n) is 1.90. The van der Waals surface area contributed by atoms with Crippen LogP contribution in [0.1, 0.15) is 18.9 Å². The molecule has 1 amide bonds. The summed E-state index contributed by atoms with van der Waals surface area (Å²) < 4.78 is 0. The molecule has 1 aromatic carbocycles. The second-order valence-corrected chi connectivity index (χ2v) is 4.91. The van der Waals surface area contributed by atoms with Gasteiger partial charge >= 0.3 is 0 Å². The van der Waals surface area contributed by atoms with Gasteiger partial charge in [-0.3, -0.25) is 4.79 Å². The average Bonchev–Trinajstić information content (AvgIpc) is 2.39. The standard InChI is InChI=1S/C15H25N3O/c1-5-10-18(12-15(19)17(3)4)14-8-6-13(7-9-14)11-16-2/h6-9,16H,5,10-12H2,1-4H3. The summed E-state index contributed by atoms with van der Waals surface area (Å²) >= 11 is 0. The minimum absolute atomic E-state index is 0.132. The summed E-state index contributed by atoms with van der Waals surface area (Å²) in [5, 5.41) is 3.13. The first kappa shape index (κ1) is 15.5. The van der Waals surface area contributed by atoms with Gasteiger partial charge < -0.3 is 15.1 Å². The maximum Gasteiger partial charge on any atom is 0.241 e. The highest BCUT2D eigenvalue weighted by Crippen LogP contribution is 2.16. The topological polar surface area (TPSA) is 35.6 Å². The molecule has 106 valence electrons. The van der Waals surface area contributed by atoms with Crippen molar-refractivity contribution in [3.05, 3.63) is 29.8 Å². The molecule has 4 heteroatoms. The molecule has 0 fully saturated rings. The summed E-state index contributed by atoms with van der Waals surface area (Å²) in [5.41, 5.74) is 2.36. The Morgan fingerprint density at radius 1 is 1.21 bits per heavy atom. The third kappa shape index (κ3) is 4.91. The number of nitrogens with zero attached hydrogens (tertiary/aromatic N) is 2. The van der Waals surface area contributed by atoms with Gasteiger partial charge in [0.15, 0.2) is 0 Å². The lowest BCUT2D eigenvalue weighted by molar-refractivity contribution is -0.127. The van der Waals surface area contributed by atoms with Gasteiger partial charge in [-0.15, -0.1) is 0 Å². The number of hydrogen-bond donors (Lipinski definition) is 1. The second kappa shape index (κ2) is 7.79. The average molecular weight is 263 g/mol. The van der Waals surface area contributed by atoms with E-state index < -0.39 is 0 Å². The summed E-state index contributed by atoms with van der Waals surface area (Å²) in [4.78, 5) is 15.6. The Morgan fingerprint density at radius 3 is 2.32 bits per heavy atom. The first-order valence-corrected chi connectivity index (χ1v) is 6.77. The molecule has 19 heavy (non-hydrogen) atoms. The van der Waals surface area contributed by atoms with Crippen molar-refractivity contribution in [1.29, 1.82) is 0 Å². The molecule has 0 unspecified atom stereocenters. The first-order chi connectivity index (χ1) is 9.08. The Labute approximate surface area is 116 Å². The quantitative estimate of drug-likeness (QED) is 0.813. The number of carbonyl (C=O) groups excluding carboxylic acids is 1. The van der Waals surface area contributed by atoms with Crippen LogP contribution < -0.4 is 10.2 Å². The Balaban J connectivity index is 2.77. The molecule has 0 atom stereocenters. The highest BCUT2D eigenvalue weighted by Gasteiger charge is 2.12. The Morgan fingerprint density at radius 2 is 1.84 bits per heavy atom. The number of benzene rings is 1. The molecule has 0 saturated carbocycles. The van der Waals surface area contributed by atoms with E-state index in [-0.39, 0.29) is 5.91 Å². The van der Waals surface area contributed by atoms with Crippen molar-refractivity contribution < 1.29 is 4.79 Å². The highest BCUT2D eigenvalue weighted by molar-refractivity contribution is 5.81. The molecule has 1 rings (SSSR count). The smallest absolute Gasteiger partial charge is 0.241 e. The lowest BCUT2D eigenvalue weighted by Crippen LogP contribution is -2.37. The minimum Gasteiger partial charge on any atom is -0.362 e. The fraction of sp³-hybridized carbons (Fsp3) is 0.533. The van der Waals surface area contributed by atoms with Crippen molar-refractivity contribution in [2.24, 2.45) is 0 Å². The van der Waals surface area contributed by atoms with Gasteiger partial charge in [-0.05, 0) is 31.2 Å². The zero-order valence-corrected chi connectivity index (χ0v) is 12.4. The van der Waals surface area contributed by atoms with Crippen molar-refractivity contribution in [1.82, 2.24) is 10.2 Å². The van der Waals surface area contributed by atoms with Gasteiger partial charge in [-0.25, -0.2) is 0 Å². The molecule has 0 aliphatic carbocycles. The predicted molar refractivity (Wildman–Crippen MR) is 80.4 cm³/mol. The molecule has 0 radical (unpaired) electrons. The van der Waals surface area contributed by atoms with E-state index in [1.165, 1.54) is 5.56 Å². The summed E-state index contributed by atoms with van der Waals surface area (Å²) in [5.74, 6) is 0.132. The zero-order valence-electron chi connectivity index (χ0n) is 12.4. The Hall–Kier alpha value is -1.55. The Bertz CT molecular complexity index is 387. The van der Waals surface area contributed by atoms with Crippen LogP contribution in [-0.2, 0) is 11.3 Å². The molecule has 0 saturated heterocycles. The van der Waals surface area contributed by atoms with Crippen molar-refractivity contribution in [3.63, 3.8) is 0 Å². The molecular formula is C15H25N3O. The van der Waals surface area contributed by atoms with Crippen LogP contribution in [0.25, 0.3) is 0 Å². The van der Waals surface area contributed by atoms with E-state index in [1.54, 1.807) is 19.0 Å². The van der Waals surface area contributed by atoms with E-state index in [1.807, 2.05) is 7.05 Å². The van der Waals surface area contributed by atoms with Gasteiger partial charge in [0.25, 0.3) is 0 Å². The predicted octanol–water partition coefficient (Wildman–Crippen LogP) is 1.71. The monoisotopic (exact) mass is 263 g/mol. The number of carbonyl (C=O) groups is 1. The number of likely N-dealkylation sites (N-methyl/N-ethyl adjacent to an activating group) is 1. The molecule has 0 bridgehead atoms. The molecule has 0 aliphatic heterocycles. The van der Waals surface area contributed by atoms with Crippen molar-refractivity contribution in [3.8, 4) is 0 Å². The third-order valence-electron chi connectivity index (χ3n) is 3.00. The van der Waals surface area contributed by atoms with Crippen LogP contribution in [0.15, 0.2) is 24.3 Å². The van der Waals surface area contributed by atoms with E-state index in [0.29, 0.717) is 6.54 Å². The third-order valence-corrected chi connectivity index (χ3v) is 3.00. The van der Waals surface area contributed by atoms with Crippen LogP contribution in [0.5, 0.6) is 0 Å². The van der Waals surface area contributed by atoms with Gasteiger partial charge in [0.1, 0.15) is 0 Å². The van der Waals surface area contributed by atoms with Gasteiger partial charge in [-0.1, -0.05) is 19.1 Å². The van der Waals surface area contributed by atoms with Gasteiger partial charge in [0.2, 0.25) is 5.91 Å². The van der Waals surface area contributed by atoms with E-state index >= 15 is 0 Å². The second-order valence-electron chi connectivity index (χ2n) is 4.91. The molecule has 0 spiro atoms. The fourth-order valence-corrected chi connectivity index (χ4v) is 1.90. The first-order valence-electron chi connectivity index (χ1n) is 6.77.